The van der Waals surface area contributed by atoms with Crippen molar-refractivity contribution in [3.05, 3.63) is 27.9 Å². The maximum Gasteiger partial charge on any atom is 0.124 e. The van der Waals surface area contributed by atoms with Gasteiger partial charge in [0.1, 0.15) is 5.01 Å². The minimum atomic E-state index is 0.883. The van der Waals surface area contributed by atoms with Crippen LogP contribution in [0.3, 0.4) is 0 Å². The van der Waals surface area contributed by atoms with E-state index < -0.39 is 0 Å². The molecule has 80 valence electrons. The average molecular weight is 238 g/mol. The van der Waals surface area contributed by atoms with Crippen LogP contribution in [0.2, 0.25) is 0 Å². The molecule has 1 N–H and O–H groups in total. The zero-order valence-electron chi connectivity index (χ0n) is 8.69. The molecule has 0 aliphatic rings. The molecular weight excluding hydrogens is 224 g/mol. The molecule has 2 heterocycles. The van der Waals surface area contributed by atoms with Crippen molar-refractivity contribution in [2.24, 2.45) is 0 Å². The van der Waals surface area contributed by atoms with Gasteiger partial charge in [-0.1, -0.05) is 6.92 Å². The van der Waals surface area contributed by atoms with Gasteiger partial charge in [0.05, 0.1) is 5.69 Å². The van der Waals surface area contributed by atoms with Gasteiger partial charge in [-0.05, 0) is 24.4 Å². The van der Waals surface area contributed by atoms with Crippen LogP contribution in [0.15, 0.2) is 22.2 Å². The molecule has 0 saturated heterocycles. The van der Waals surface area contributed by atoms with E-state index in [1.165, 1.54) is 12.0 Å². The second kappa shape index (κ2) is 5.39. The average Bonchev–Trinajstić information content (AvgIpc) is 2.87. The van der Waals surface area contributed by atoms with Crippen LogP contribution >= 0.6 is 22.7 Å². The van der Waals surface area contributed by atoms with Crippen LogP contribution in [0.1, 0.15) is 19.0 Å². The lowest BCUT2D eigenvalue weighted by molar-refractivity contribution is 0.667. The molecule has 4 heteroatoms. The molecule has 15 heavy (non-hydrogen) atoms. The van der Waals surface area contributed by atoms with E-state index in [9.17, 15) is 0 Å². The number of hydrogen-bond acceptors (Lipinski definition) is 4. The van der Waals surface area contributed by atoms with E-state index >= 15 is 0 Å². The number of thiophene rings is 1. The highest BCUT2D eigenvalue weighted by Gasteiger charge is 2.04. The van der Waals surface area contributed by atoms with Gasteiger partial charge in [0.15, 0.2) is 0 Å². The van der Waals surface area contributed by atoms with Crippen molar-refractivity contribution in [1.82, 2.24) is 10.3 Å². The topological polar surface area (TPSA) is 24.9 Å². The maximum absolute atomic E-state index is 4.59. The van der Waals surface area contributed by atoms with Gasteiger partial charge >= 0.3 is 0 Å². The molecule has 0 atom stereocenters. The Labute approximate surface area is 98.0 Å². The van der Waals surface area contributed by atoms with E-state index in [2.05, 4.69) is 39.4 Å². The third-order valence-electron chi connectivity index (χ3n) is 2.05. The second-order valence-electron chi connectivity index (χ2n) is 3.33. The first kappa shape index (κ1) is 10.8. The molecule has 2 nitrogen and oxygen atoms in total. The number of nitrogens with one attached hydrogen (secondary N) is 1. The summed E-state index contributed by atoms with van der Waals surface area (Å²) in [5.41, 5.74) is 2.39. The third kappa shape index (κ3) is 2.87. The molecule has 0 aliphatic carbocycles. The summed E-state index contributed by atoms with van der Waals surface area (Å²) in [5, 5.41) is 10.9. The van der Waals surface area contributed by atoms with E-state index in [0.29, 0.717) is 0 Å². The number of thiazole rings is 1. The van der Waals surface area contributed by atoms with E-state index in [1.54, 1.807) is 22.7 Å². The Balaban J connectivity index is 1.98. The molecule has 0 unspecified atom stereocenters. The molecule has 0 radical (unpaired) electrons. The van der Waals surface area contributed by atoms with Crippen LogP contribution in [-0.4, -0.2) is 11.5 Å². The summed E-state index contributed by atoms with van der Waals surface area (Å²) in [7, 11) is 0. The van der Waals surface area contributed by atoms with Crippen molar-refractivity contribution in [2.75, 3.05) is 6.54 Å². The highest BCUT2D eigenvalue weighted by atomic mass is 32.1. The molecule has 2 rings (SSSR count). The van der Waals surface area contributed by atoms with Crippen molar-refractivity contribution < 1.29 is 0 Å². The van der Waals surface area contributed by atoms with Crippen molar-refractivity contribution in [2.45, 2.75) is 19.9 Å². The Hall–Kier alpha value is -0.710. The van der Waals surface area contributed by atoms with E-state index in [-0.39, 0.29) is 0 Å². The van der Waals surface area contributed by atoms with Crippen LogP contribution < -0.4 is 5.32 Å². The van der Waals surface area contributed by atoms with Gasteiger partial charge in [0.25, 0.3) is 0 Å². The Morgan fingerprint density at radius 1 is 1.40 bits per heavy atom. The second-order valence-corrected chi connectivity index (χ2v) is 4.97. The predicted octanol–water partition coefficient (Wildman–Crippen LogP) is 3.37. The Bertz CT molecular complexity index is 392. The zero-order chi connectivity index (χ0) is 10.5. The standard InChI is InChI=1S/C11H14N2S2/c1-2-4-12-6-10-8-15-11(13-10)9-3-5-14-7-9/h3,5,7-8,12H,2,4,6H2,1H3. The molecule has 2 aromatic heterocycles. The van der Waals surface area contributed by atoms with Crippen molar-refractivity contribution >= 4 is 22.7 Å². The van der Waals surface area contributed by atoms with Crippen LogP contribution in [-0.2, 0) is 6.54 Å². The van der Waals surface area contributed by atoms with E-state index in [1.807, 2.05) is 0 Å². The summed E-state index contributed by atoms with van der Waals surface area (Å²) >= 11 is 3.44. The first-order valence-electron chi connectivity index (χ1n) is 5.08. The van der Waals surface area contributed by atoms with Gasteiger partial charge < -0.3 is 5.32 Å². The predicted molar refractivity (Wildman–Crippen MR) is 67.4 cm³/mol. The largest absolute Gasteiger partial charge is 0.311 e. The summed E-state index contributed by atoms with van der Waals surface area (Å²) in [6, 6.07) is 2.12. The minimum absolute atomic E-state index is 0.883. The molecule has 2 aromatic rings. The summed E-state index contributed by atoms with van der Waals surface area (Å²) < 4.78 is 0. The lowest BCUT2D eigenvalue weighted by Crippen LogP contribution is -2.13. The molecule has 0 saturated carbocycles. The third-order valence-corrected chi connectivity index (χ3v) is 3.68. The Morgan fingerprint density at radius 3 is 3.07 bits per heavy atom. The molecule has 0 amide bonds. The SMILES string of the molecule is CCCNCc1csc(-c2ccsc2)n1. The highest BCUT2D eigenvalue weighted by molar-refractivity contribution is 7.14. The van der Waals surface area contributed by atoms with Gasteiger partial charge in [-0.25, -0.2) is 4.98 Å². The summed E-state index contributed by atoms with van der Waals surface area (Å²) in [6.07, 6.45) is 1.17. The normalized spacial score (nSPS) is 10.7. The highest BCUT2D eigenvalue weighted by Crippen LogP contribution is 2.25. The molecule has 0 spiro atoms. The minimum Gasteiger partial charge on any atom is -0.311 e. The first-order valence-corrected chi connectivity index (χ1v) is 6.90. The fourth-order valence-corrected chi connectivity index (χ4v) is 2.83. The van der Waals surface area contributed by atoms with Crippen LogP contribution in [0, 0.1) is 0 Å². The maximum atomic E-state index is 4.59. The van der Waals surface area contributed by atoms with E-state index in [4.69, 9.17) is 0 Å². The van der Waals surface area contributed by atoms with Crippen LogP contribution in [0.5, 0.6) is 0 Å². The molecule has 0 bridgehead atoms. The lowest BCUT2D eigenvalue weighted by atomic mass is 10.3. The summed E-state index contributed by atoms with van der Waals surface area (Å²) in [6.45, 7) is 4.12. The number of hydrogen-bond donors (Lipinski definition) is 1. The lowest BCUT2D eigenvalue weighted by Gasteiger charge is -1.97. The van der Waals surface area contributed by atoms with Crippen molar-refractivity contribution in [3.63, 3.8) is 0 Å². The number of aromatic nitrogens is 1. The first-order chi connectivity index (χ1) is 7.40. The summed E-state index contributed by atoms with van der Waals surface area (Å²) in [5.74, 6) is 0. The van der Waals surface area contributed by atoms with E-state index in [0.717, 1.165) is 23.8 Å². The fourth-order valence-electron chi connectivity index (χ4n) is 1.30. The number of nitrogens with zero attached hydrogens (tertiary/aromatic N) is 1. The van der Waals surface area contributed by atoms with Gasteiger partial charge in [-0.3, -0.25) is 0 Å². The van der Waals surface area contributed by atoms with Crippen LogP contribution in [0.4, 0.5) is 0 Å². The number of rotatable bonds is 5. The van der Waals surface area contributed by atoms with Gasteiger partial charge in [-0.2, -0.15) is 11.3 Å². The van der Waals surface area contributed by atoms with Gasteiger partial charge in [0.2, 0.25) is 0 Å². The van der Waals surface area contributed by atoms with Gasteiger partial charge in [-0.15, -0.1) is 11.3 Å². The van der Waals surface area contributed by atoms with Gasteiger partial charge in [0, 0.05) is 22.9 Å². The molecule has 0 aliphatic heterocycles. The Kier molecular flexibility index (Phi) is 3.88. The Morgan fingerprint density at radius 2 is 2.33 bits per heavy atom. The smallest absolute Gasteiger partial charge is 0.124 e. The summed E-state index contributed by atoms with van der Waals surface area (Å²) in [4.78, 5) is 4.59. The van der Waals surface area contributed by atoms with Crippen LogP contribution in [0.25, 0.3) is 10.6 Å². The quantitative estimate of drug-likeness (QED) is 0.808. The monoisotopic (exact) mass is 238 g/mol. The molecule has 0 fully saturated rings. The van der Waals surface area contributed by atoms with Crippen molar-refractivity contribution in [1.29, 1.82) is 0 Å². The fraction of sp³-hybridized carbons (Fsp3) is 0.364. The molecular formula is C11H14N2S2. The molecule has 0 aromatic carbocycles. The zero-order valence-corrected chi connectivity index (χ0v) is 10.3. The van der Waals surface area contributed by atoms with Crippen molar-refractivity contribution in [3.8, 4) is 10.6 Å².